The van der Waals surface area contributed by atoms with Crippen molar-refractivity contribution in [3.8, 4) is 0 Å². The van der Waals surface area contributed by atoms with Crippen molar-refractivity contribution in [1.29, 1.82) is 0 Å². The van der Waals surface area contributed by atoms with E-state index in [2.05, 4.69) is 23.6 Å². The smallest absolute Gasteiger partial charge is 0.240 e. The van der Waals surface area contributed by atoms with E-state index in [-0.39, 0.29) is 4.90 Å². The first-order valence-corrected chi connectivity index (χ1v) is 9.32. The number of aromatic nitrogens is 1. The van der Waals surface area contributed by atoms with Crippen molar-refractivity contribution >= 4 is 33.0 Å². The number of thiazole rings is 1. The van der Waals surface area contributed by atoms with Gasteiger partial charge in [0.15, 0.2) is 0 Å². The highest BCUT2D eigenvalue weighted by atomic mass is 35.5. The minimum atomic E-state index is -3.49. The second-order valence-corrected chi connectivity index (χ2v) is 8.07. The minimum absolute atomic E-state index is 0.217. The summed E-state index contributed by atoms with van der Waals surface area (Å²) in [5.74, 6) is 0.390. The summed E-state index contributed by atoms with van der Waals surface area (Å²) < 4.78 is 26.7. The molecule has 1 aromatic heterocycles. The Kier molecular flexibility index (Phi) is 5.37. The number of nitrogens with zero attached hydrogens (tertiary/aromatic N) is 1. The van der Waals surface area contributed by atoms with E-state index in [0.29, 0.717) is 23.9 Å². The van der Waals surface area contributed by atoms with Gasteiger partial charge >= 0.3 is 0 Å². The van der Waals surface area contributed by atoms with Crippen molar-refractivity contribution in [2.75, 3.05) is 6.54 Å². The largest absolute Gasteiger partial charge is 0.246 e. The molecule has 21 heavy (non-hydrogen) atoms. The molecule has 1 N–H and O–H groups in total. The summed E-state index contributed by atoms with van der Waals surface area (Å²) in [6, 6.07) is 6.10. The van der Waals surface area contributed by atoms with Crippen LogP contribution in [0.5, 0.6) is 0 Å². The van der Waals surface area contributed by atoms with E-state index in [4.69, 9.17) is 11.6 Å². The highest BCUT2D eigenvalue weighted by Gasteiger charge is 2.13. The van der Waals surface area contributed by atoms with Gasteiger partial charge in [0.25, 0.3) is 0 Å². The summed E-state index contributed by atoms with van der Waals surface area (Å²) in [4.78, 5) is 4.70. The van der Waals surface area contributed by atoms with E-state index in [1.165, 1.54) is 12.1 Å². The Morgan fingerprint density at radius 3 is 2.52 bits per heavy atom. The quantitative estimate of drug-likeness (QED) is 0.873. The molecular formula is C14H17ClN2O2S2. The summed E-state index contributed by atoms with van der Waals surface area (Å²) in [5, 5.41) is 3.48. The van der Waals surface area contributed by atoms with Gasteiger partial charge in [-0.15, -0.1) is 11.3 Å². The van der Waals surface area contributed by atoms with Crippen LogP contribution in [0.2, 0.25) is 5.02 Å². The van der Waals surface area contributed by atoms with Gasteiger partial charge in [0.05, 0.1) is 15.6 Å². The topological polar surface area (TPSA) is 59.1 Å². The third-order valence-electron chi connectivity index (χ3n) is 2.92. The average molecular weight is 345 g/mol. The zero-order valence-electron chi connectivity index (χ0n) is 11.8. The van der Waals surface area contributed by atoms with Crippen LogP contribution in [0, 0.1) is 0 Å². The molecule has 7 heteroatoms. The van der Waals surface area contributed by atoms with Crippen molar-refractivity contribution < 1.29 is 8.42 Å². The van der Waals surface area contributed by atoms with Crippen molar-refractivity contribution in [3.05, 3.63) is 45.4 Å². The van der Waals surface area contributed by atoms with Crippen LogP contribution in [0.25, 0.3) is 0 Å². The average Bonchev–Trinajstić information content (AvgIpc) is 2.88. The third kappa shape index (κ3) is 4.51. The monoisotopic (exact) mass is 344 g/mol. The zero-order chi connectivity index (χ0) is 15.5. The lowest BCUT2D eigenvalue weighted by molar-refractivity contribution is 0.581. The zero-order valence-corrected chi connectivity index (χ0v) is 14.2. The fraction of sp³-hybridized carbons (Fsp3) is 0.357. The van der Waals surface area contributed by atoms with Crippen LogP contribution in [0.4, 0.5) is 0 Å². The van der Waals surface area contributed by atoms with Gasteiger partial charge in [-0.1, -0.05) is 25.4 Å². The van der Waals surface area contributed by atoms with Crippen LogP contribution in [0.1, 0.15) is 30.5 Å². The van der Waals surface area contributed by atoms with Crippen molar-refractivity contribution in [3.63, 3.8) is 0 Å². The molecule has 4 nitrogen and oxygen atoms in total. The van der Waals surface area contributed by atoms with Crippen LogP contribution in [0.3, 0.4) is 0 Å². The lowest BCUT2D eigenvalue weighted by Crippen LogP contribution is -2.25. The normalized spacial score (nSPS) is 12.0. The molecule has 0 aliphatic heterocycles. The number of hydrogen-bond acceptors (Lipinski definition) is 4. The molecule has 0 fully saturated rings. The first kappa shape index (κ1) is 16.4. The molecule has 0 saturated carbocycles. The lowest BCUT2D eigenvalue weighted by atomic mass is 10.2. The maximum absolute atomic E-state index is 12.1. The number of sulfonamides is 1. The van der Waals surface area contributed by atoms with Gasteiger partial charge < -0.3 is 0 Å². The second-order valence-electron chi connectivity index (χ2n) is 4.92. The molecule has 0 aliphatic carbocycles. The molecule has 0 aliphatic rings. The van der Waals surface area contributed by atoms with Crippen molar-refractivity contribution in [1.82, 2.24) is 9.71 Å². The molecule has 1 heterocycles. The van der Waals surface area contributed by atoms with Gasteiger partial charge in [0.1, 0.15) is 0 Å². The molecule has 0 saturated heterocycles. The summed E-state index contributed by atoms with van der Waals surface area (Å²) >= 11 is 7.31. The fourth-order valence-electron chi connectivity index (χ4n) is 1.69. The molecule has 0 unspecified atom stereocenters. The van der Waals surface area contributed by atoms with Crippen molar-refractivity contribution in [2.24, 2.45) is 0 Å². The van der Waals surface area contributed by atoms with Crippen LogP contribution in [0.15, 0.2) is 34.5 Å². The standard InChI is InChI=1S/C14H17ClN2O2S2/c1-10(2)13-9-20-14(17-13)7-8-16-21(18,19)12-5-3-11(15)4-6-12/h3-6,9-10,16H,7-8H2,1-2H3. The molecule has 114 valence electrons. The molecule has 0 amide bonds. The van der Waals surface area contributed by atoms with Gasteiger partial charge in [-0.3, -0.25) is 0 Å². The highest BCUT2D eigenvalue weighted by Crippen LogP contribution is 2.18. The van der Waals surface area contributed by atoms with E-state index >= 15 is 0 Å². The highest BCUT2D eigenvalue weighted by molar-refractivity contribution is 7.89. The maximum atomic E-state index is 12.1. The summed E-state index contributed by atoms with van der Waals surface area (Å²) in [5.41, 5.74) is 1.05. The Hall–Kier alpha value is -0.950. The van der Waals surface area contributed by atoms with Gasteiger partial charge in [-0.25, -0.2) is 18.1 Å². The second kappa shape index (κ2) is 6.87. The van der Waals surface area contributed by atoms with E-state index < -0.39 is 10.0 Å². The van der Waals surface area contributed by atoms with Crippen LogP contribution < -0.4 is 4.72 Å². The van der Waals surface area contributed by atoms with E-state index in [1.54, 1.807) is 23.5 Å². The Bertz CT molecular complexity index is 694. The fourth-order valence-corrected chi connectivity index (χ4v) is 3.81. The minimum Gasteiger partial charge on any atom is -0.246 e. The number of rotatable bonds is 6. The van der Waals surface area contributed by atoms with Gasteiger partial charge in [0.2, 0.25) is 10.0 Å². The Balaban J connectivity index is 1.94. The number of nitrogens with one attached hydrogen (secondary N) is 1. The molecule has 1 aromatic carbocycles. The third-order valence-corrected chi connectivity index (χ3v) is 5.57. The number of hydrogen-bond donors (Lipinski definition) is 1. The number of halogens is 1. The van der Waals surface area contributed by atoms with Gasteiger partial charge in [-0.2, -0.15) is 0 Å². The first-order valence-electron chi connectivity index (χ1n) is 6.58. The van der Waals surface area contributed by atoms with Gasteiger partial charge in [-0.05, 0) is 30.2 Å². The first-order chi connectivity index (χ1) is 9.88. The van der Waals surface area contributed by atoms with Crippen LogP contribution in [-0.4, -0.2) is 19.9 Å². The Labute approximate surface area is 134 Å². The Morgan fingerprint density at radius 1 is 1.29 bits per heavy atom. The van der Waals surface area contributed by atoms with E-state index in [9.17, 15) is 8.42 Å². The molecular weight excluding hydrogens is 328 g/mol. The van der Waals surface area contributed by atoms with Gasteiger partial charge in [0, 0.05) is 23.4 Å². The maximum Gasteiger partial charge on any atom is 0.240 e. The Morgan fingerprint density at radius 2 is 1.95 bits per heavy atom. The van der Waals surface area contributed by atoms with Crippen molar-refractivity contribution in [2.45, 2.75) is 31.1 Å². The lowest BCUT2D eigenvalue weighted by Gasteiger charge is -2.05. The molecule has 2 aromatic rings. The van der Waals surface area contributed by atoms with E-state index in [1.807, 2.05) is 5.38 Å². The van der Waals surface area contributed by atoms with Crippen LogP contribution in [-0.2, 0) is 16.4 Å². The molecule has 0 spiro atoms. The number of benzene rings is 1. The predicted octanol–water partition coefficient (Wildman–Crippen LogP) is 3.44. The molecule has 0 atom stereocenters. The van der Waals surface area contributed by atoms with E-state index in [0.717, 1.165) is 10.7 Å². The SMILES string of the molecule is CC(C)c1csc(CCNS(=O)(=O)c2ccc(Cl)cc2)n1. The summed E-state index contributed by atoms with van der Waals surface area (Å²) in [6.07, 6.45) is 0.588. The van der Waals surface area contributed by atoms with Crippen LogP contribution >= 0.6 is 22.9 Å². The molecule has 0 bridgehead atoms. The summed E-state index contributed by atoms with van der Waals surface area (Å²) in [7, 11) is -3.49. The predicted molar refractivity (Wildman–Crippen MR) is 86.5 cm³/mol. The summed E-state index contributed by atoms with van der Waals surface area (Å²) in [6.45, 7) is 4.50. The molecule has 2 rings (SSSR count). The molecule has 0 radical (unpaired) electrons.